The Kier molecular flexibility index (Phi) is 9.93. The third-order valence-corrected chi connectivity index (χ3v) is 15.0. The molecular weight excluding hydrogens is 679 g/mol. The lowest BCUT2D eigenvalue weighted by molar-refractivity contribution is -0.0577. The molecule has 12 heteroatoms. The number of ether oxygens (including phenoxy) is 1. The molecule has 0 spiro atoms. The zero-order chi connectivity index (χ0) is 36.4. The van der Waals surface area contributed by atoms with Gasteiger partial charge in [-0.2, -0.15) is 16.8 Å². The number of benzene rings is 2. The number of phenolic OH excluding ortho intramolecular Hbond substituents is 1. The van der Waals surface area contributed by atoms with E-state index in [9.17, 15) is 35.8 Å². The molecule has 0 bridgehead atoms. The minimum absolute atomic E-state index is 0.0537. The fourth-order valence-electron chi connectivity index (χ4n) is 10.9. The summed E-state index contributed by atoms with van der Waals surface area (Å²) < 4.78 is 72.6. The van der Waals surface area contributed by atoms with E-state index in [1.807, 2.05) is 0 Å². The van der Waals surface area contributed by atoms with Gasteiger partial charge >= 0.3 is 6.09 Å². The van der Waals surface area contributed by atoms with Crippen LogP contribution in [0.4, 0.5) is 10.5 Å². The van der Waals surface area contributed by atoms with Crippen molar-refractivity contribution in [3.05, 3.63) is 35.9 Å². The van der Waals surface area contributed by atoms with Crippen LogP contribution < -0.4 is 5.32 Å². The summed E-state index contributed by atoms with van der Waals surface area (Å²) in [5, 5.41) is 12.9. The SMILES string of the molecule is CC(C)CCC[C@@H](C)[C@H]1CC[C@H]2[C@@H]3CC=C4C[C@@H](OC(=O)Nc5cc(S(=O)(=O)O)cc6cc(S(=O)(=O)O)cc(O)c56)CC[C@]4(C)[C@H]3CC[C@]12C. The lowest BCUT2D eigenvalue weighted by Gasteiger charge is -2.58. The molecule has 10 nitrogen and oxygen atoms in total. The van der Waals surface area contributed by atoms with Gasteiger partial charge in [-0.05, 0) is 115 Å². The largest absolute Gasteiger partial charge is 0.507 e. The molecule has 0 radical (unpaired) electrons. The quantitative estimate of drug-likeness (QED) is 0.145. The van der Waals surface area contributed by atoms with Gasteiger partial charge in [0.2, 0.25) is 0 Å². The van der Waals surface area contributed by atoms with Gasteiger partial charge in [-0.3, -0.25) is 14.4 Å². The normalized spacial score (nSPS) is 31.8. The molecule has 0 saturated heterocycles. The Morgan fingerprint density at radius 3 is 2.26 bits per heavy atom. The molecule has 0 heterocycles. The fraction of sp³-hybridized carbons (Fsp3) is 0.658. The van der Waals surface area contributed by atoms with Crippen LogP contribution >= 0.6 is 0 Å². The Labute approximate surface area is 296 Å². The number of nitrogens with one attached hydrogen (secondary N) is 1. The molecule has 0 aromatic heterocycles. The van der Waals surface area contributed by atoms with Gasteiger partial charge in [0.15, 0.2) is 0 Å². The Bertz CT molecular complexity index is 1900. The minimum Gasteiger partial charge on any atom is -0.507 e. The van der Waals surface area contributed by atoms with Gasteiger partial charge in [-0.25, -0.2) is 4.79 Å². The van der Waals surface area contributed by atoms with Crippen LogP contribution in [0.15, 0.2) is 45.7 Å². The average Bonchev–Trinajstić information content (AvgIpc) is 3.37. The summed E-state index contributed by atoms with van der Waals surface area (Å²) >= 11 is 0. The van der Waals surface area contributed by atoms with E-state index in [4.69, 9.17) is 4.74 Å². The fourth-order valence-corrected chi connectivity index (χ4v) is 12.0. The first kappa shape index (κ1) is 37.1. The van der Waals surface area contributed by atoms with Crippen molar-refractivity contribution >= 4 is 42.8 Å². The number of fused-ring (bicyclic) bond motifs is 6. The number of anilines is 1. The molecule has 1 amide bonds. The molecule has 0 unspecified atom stereocenters. The molecule has 2 aromatic rings. The maximum Gasteiger partial charge on any atom is 0.411 e. The van der Waals surface area contributed by atoms with Gasteiger partial charge in [-0.15, -0.1) is 0 Å². The molecule has 50 heavy (non-hydrogen) atoms. The van der Waals surface area contributed by atoms with Crippen LogP contribution in [0.1, 0.15) is 105 Å². The second-order valence-corrected chi connectivity index (χ2v) is 19.5. The first-order valence-electron chi connectivity index (χ1n) is 18.2. The van der Waals surface area contributed by atoms with E-state index in [2.05, 4.69) is 46.0 Å². The standard InChI is InChI=1S/C38H53NO9S2/c1-22(2)7-6-8-23(3)30-11-12-31-29-10-9-25-19-26(13-15-37(25,4)32(29)14-16-38(30,31)5)48-36(41)39-33-20-27(49(42,43)44)17-24-18-28(50(45,46)47)21-34(40)35(24)33/h9,17-18,20-23,26,29-32,40H,6-8,10-16,19H2,1-5H3,(H,39,41)(H,42,43,44)(H,45,46,47)/t23-,26+,29+,30-,31+,32+,37+,38-/m1/s1. The van der Waals surface area contributed by atoms with Gasteiger partial charge in [0.1, 0.15) is 11.9 Å². The Balaban J connectivity index is 1.16. The molecule has 6 rings (SSSR count). The van der Waals surface area contributed by atoms with Gasteiger partial charge in [0, 0.05) is 17.9 Å². The number of aromatic hydroxyl groups is 1. The van der Waals surface area contributed by atoms with Gasteiger partial charge in [0.25, 0.3) is 20.2 Å². The molecule has 0 aliphatic heterocycles. The van der Waals surface area contributed by atoms with E-state index in [-0.39, 0.29) is 21.9 Å². The number of carbonyl (C=O) groups excluding carboxylic acids is 1. The molecular formula is C38H53NO9S2. The Morgan fingerprint density at radius 2 is 1.60 bits per heavy atom. The molecule has 4 aliphatic rings. The van der Waals surface area contributed by atoms with Crippen LogP contribution in [0, 0.1) is 46.3 Å². The Hall–Kier alpha value is -2.67. The predicted molar refractivity (Wildman–Crippen MR) is 192 cm³/mol. The third kappa shape index (κ3) is 6.94. The van der Waals surface area contributed by atoms with Crippen LogP contribution in [-0.4, -0.2) is 43.2 Å². The second-order valence-electron chi connectivity index (χ2n) is 16.6. The van der Waals surface area contributed by atoms with Gasteiger partial charge in [0.05, 0.1) is 15.5 Å². The van der Waals surface area contributed by atoms with Crippen molar-refractivity contribution in [2.45, 2.75) is 121 Å². The summed E-state index contributed by atoms with van der Waals surface area (Å²) in [5.74, 6) is 3.71. The summed E-state index contributed by atoms with van der Waals surface area (Å²) in [6.07, 6.45) is 13.5. The maximum atomic E-state index is 13.3. The highest BCUT2D eigenvalue weighted by atomic mass is 32.2. The lowest BCUT2D eigenvalue weighted by Crippen LogP contribution is -2.51. The molecule has 3 saturated carbocycles. The first-order valence-corrected chi connectivity index (χ1v) is 21.1. The average molecular weight is 732 g/mol. The number of hydrogen-bond donors (Lipinski definition) is 4. The minimum atomic E-state index is -4.79. The van der Waals surface area contributed by atoms with Crippen molar-refractivity contribution in [1.29, 1.82) is 0 Å². The van der Waals surface area contributed by atoms with Crippen molar-refractivity contribution < 1.29 is 40.6 Å². The summed E-state index contributed by atoms with van der Waals surface area (Å²) in [6, 6.07) is 3.63. The highest BCUT2D eigenvalue weighted by molar-refractivity contribution is 7.86. The monoisotopic (exact) mass is 731 g/mol. The zero-order valence-electron chi connectivity index (χ0n) is 29.8. The van der Waals surface area contributed by atoms with E-state index in [1.165, 1.54) is 50.5 Å². The van der Waals surface area contributed by atoms with Crippen molar-refractivity contribution in [2.75, 3.05) is 5.32 Å². The van der Waals surface area contributed by atoms with Crippen LogP contribution in [0.25, 0.3) is 10.8 Å². The van der Waals surface area contributed by atoms with E-state index in [0.717, 1.165) is 60.8 Å². The molecule has 8 atom stereocenters. The van der Waals surface area contributed by atoms with Crippen LogP contribution in [0.5, 0.6) is 5.75 Å². The van der Waals surface area contributed by atoms with Gasteiger partial charge < -0.3 is 9.84 Å². The molecule has 3 fully saturated rings. The van der Waals surface area contributed by atoms with Crippen molar-refractivity contribution in [3.8, 4) is 5.75 Å². The van der Waals surface area contributed by atoms with Crippen molar-refractivity contribution in [2.24, 2.45) is 46.3 Å². The van der Waals surface area contributed by atoms with E-state index in [0.29, 0.717) is 30.1 Å². The van der Waals surface area contributed by atoms with Crippen LogP contribution in [0.3, 0.4) is 0 Å². The molecule has 4 N–H and O–H groups in total. The number of amides is 1. The van der Waals surface area contributed by atoms with Crippen LogP contribution in [0.2, 0.25) is 0 Å². The topological polar surface area (TPSA) is 167 Å². The molecule has 2 aromatic carbocycles. The van der Waals surface area contributed by atoms with Crippen molar-refractivity contribution in [1.82, 2.24) is 0 Å². The highest BCUT2D eigenvalue weighted by Gasteiger charge is 2.59. The smallest absolute Gasteiger partial charge is 0.411 e. The summed E-state index contributed by atoms with van der Waals surface area (Å²) in [5.41, 5.74) is 1.60. The maximum absolute atomic E-state index is 13.3. The van der Waals surface area contributed by atoms with E-state index in [1.54, 1.807) is 0 Å². The highest BCUT2D eigenvalue weighted by Crippen LogP contribution is 2.67. The zero-order valence-corrected chi connectivity index (χ0v) is 31.4. The molecule has 4 aliphatic carbocycles. The second kappa shape index (κ2) is 13.4. The van der Waals surface area contributed by atoms with Crippen molar-refractivity contribution in [3.63, 3.8) is 0 Å². The number of carbonyl (C=O) groups is 1. The van der Waals surface area contributed by atoms with Gasteiger partial charge in [-0.1, -0.05) is 65.5 Å². The Morgan fingerprint density at radius 1 is 0.920 bits per heavy atom. The number of phenols is 1. The third-order valence-electron chi connectivity index (χ3n) is 13.3. The van der Waals surface area contributed by atoms with Crippen LogP contribution in [-0.2, 0) is 25.0 Å². The number of allylic oxidation sites excluding steroid dienone is 1. The number of rotatable bonds is 9. The predicted octanol–water partition coefficient (Wildman–Crippen LogP) is 9.00. The van der Waals surface area contributed by atoms with E-state index < -0.39 is 48.0 Å². The first-order chi connectivity index (χ1) is 23.3. The lowest BCUT2D eigenvalue weighted by atomic mass is 9.47. The van der Waals surface area contributed by atoms with E-state index >= 15 is 0 Å². The summed E-state index contributed by atoms with van der Waals surface area (Å²) in [6.45, 7) is 12.1. The summed E-state index contributed by atoms with van der Waals surface area (Å²) in [7, 11) is -9.54. The number of hydrogen-bond acceptors (Lipinski definition) is 7. The molecule has 276 valence electrons. The summed E-state index contributed by atoms with van der Waals surface area (Å²) in [4.78, 5) is 11.9.